The summed E-state index contributed by atoms with van der Waals surface area (Å²) in [7, 11) is 3.99. The number of carbonyl (C=O) groups excluding carboxylic acids is 5. The largest absolute Gasteiger partial charge is 0.492 e. The number of furan rings is 1. The molecule has 1 aromatic heterocycles. The van der Waals surface area contributed by atoms with Gasteiger partial charge in [0.1, 0.15) is 62.1 Å². The molecule has 1 aliphatic carbocycles. The zero-order chi connectivity index (χ0) is 64.3. The second-order valence-electron chi connectivity index (χ2n) is 24.4. The molecule has 0 saturated carbocycles. The van der Waals surface area contributed by atoms with Gasteiger partial charge in [-0.05, 0) is 121 Å². The van der Waals surface area contributed by atoms with Gasteiger partial charge in [0.25, 0.3) is 5.91 Å². The van der Waals surface area contributed by atoms with Gasteiger partial charge in [0.2, 0.25) is 11.8 Å². The van der Waals surface area contributed by atoms with E-state index >= 15 is 0 Å². The number of rotatable bonds is 29. The number of ether oxygens (including phenoxy) is 6. The Morgan fingerprint density at radius 3 is 2.21 bits per heavy atom. The van der Waals surface area contributed by atoms with Crippen LogP contribution in [-0.4, -0.2) is 169 Å². The fourth-order valence-corrected chi connectivity index (χ4v) is 12.3. The fraction of sp³-hybridized carbons (Fsp3) is 0.414. The first-order valence-electron chi connectivity index (χ1n) is 31.9. The highest BCUT2D eigenvalue weighted by Crippen LogP contribution is 2.48. The Bertz CT molecular complexity index is 3680. The molecule has 22 nitrogen and oxygen atoms in total. The lowest BCUT2D eigenvalue weighted by molar-refractivity contribution is -0.128. The molecule has 0 bridgehead atoms. The predicted octanol–water partition coefficient (Wildman–Crippen LogP) is 8.53. The van der Waals surface area contributed by atoms with Gasteiger partial charge in [-0.3, -0.25) is 24.6 Å². The molecule has 2 unspecified atom stereocenters. The Labute approximate surface area is 536 Å². The number of anilines is 2. The van der Waals surface area contributed by atoms with Crippen LogP contribution in [0.5, 0.6) is 11.5 Å². The van der Waals surface area contributed by atoms with E-state index in [1.165, 1.54) is 0 Å². The first kappa shape index (κ1) is 64.9. The van der Waals surface area contributed by atoms with Crippen molar-refractivity contribution in [3.8, 4) is 22.6 Å². The average molecular weight is 1260 g/mol. The molecule has 11 rings (SSSR count). The summed E-state index contributed by atoms with van der Waals surface area (Å²) < 4.78 is 41.2. The van der Waals surface area contributed by atoms with Gasteiger partial charge in [0.05, 0.1) is 11.7 Å². The van der Waals surface area contributed by atoms with E-state index in [1.807, 2.05) is 94.7 Å². The van der Waals surface area contributed by atoms with Crippen LogP contribution in [0.25, 0.3) is 32.9 Å². The van der Waals surface area contributed by atoms with Crippen LogP contribution < -0.4 is 46.7 Å². The molecule has 3 aliphatic heterocycles. The van der Waals surface area contributed by atoms with Crippen LogP contribution in [0, 0.1) is 5.92 Å². The molecule has 4 aliphatic rings. The van der Waals surface area contributed by atoms with Gasteiger partial charge >= 0.3 is 12.2 Å². The number of nitrogens with one attached hydrogen (secondary N) is 5. The quantitative estimate of drug-likeness (QED) is 0.0146. The number of nitrogens with zero attached hydrogens (tertiary/aromatic N) is 4. The molecule has 6 aromatic carbocycles. The van der Waals surface area contributed by atoms with E-state index in [2.05, 4.69) is 73.6 Å². The lowest BCUT2D eigenvalue weighted by Gasteiger charge is -2.33. The molecule has 0 radical (unpaired) electrons. The minimum absolute atomic E-state index is 0.0230. The molecule has 2 fully saturated rings. The Morgan fingerprint density at radius 1 is 0.783 bits per heavy atom. The van der Waals surface area contributed by atoms with E-state index in [0.29, 0.717) is 81.5 Å². The number of benzene rings is 6. The predicted molar refractivity (Wildman–Crippen MR) is 350 cm³/mol. The van der Waals surface area contributed by atoms with E-state index in [4.69, 9.17) is 38.6 Å². The standard InChI is InChI=1S/C70H84N10O12/c1-6-46-39-80(68(83)61-37-47-36-49(25-26-59(47)91-61)87-35-34-77(4)5)58-38-60(54-18-11-12-19-55(54)62(46)58)90-43-86-42-78-30-32-79(33-31-78)70(85)89-40-45-21-23-48(24-22-45)75-65(81)57(20-13-27-73-67-64(71)92-67)76-66(82)63(44(2)3)72-28-29-74-69(84)88-41-56-52-16-9-7-14-50(52)51-15-8-10-17-53(51)56/h7-12,14-19,21-26,36-38,44,46,56-57,63-64,67,72-73H,6,13,20,27-35,39-43,71H2,1-5H3,(H,74,84)(H,75,81)(H,76,82)/t46-,57+,63+,64?,67?/m1/s1. The van der Waals surface area contributed by atoms with Crippen LogP contribution in [0.3, 0.4) is 0 Å². The number of epoxide rings is 1. The van der Waals surface area contributed by atoms with E-state index < -0.39 is 30.2 Å². The summed E-state index contributed by atoms with van der Waals surface area (Å²) in [6, 6.07) is 39.2. The zero-order valence-electron chi connectivity index (χ0n) is 53.0. The van der Waals surface area contributed by atoms with Crippen LogP contribution >= 0.6 is 0 Å². The fourth-order valence-electron chi connectivity index (χ4n) is 12.3. The molecule has 486 valence electrons. The van der Waals surface area contributed by atoms with Gasteiger partial charge in [-0.25, -0.2) is 9.59 Å². The number of piperazine rings is 1. The van der Waals surface area contributed by atoms with Gasteiger partial charge in [0, 0.05) is 86.7 Å². The Balaban J connectivity index is 0.613. The van der Waals surface area contributed by atoms with Crippen LogP contribution in [0.2, 0.25) is 0 Å². The number of likely N-dealkylation sites (N-methyl/N-ethyl adjacent to an activating group) is 1. The molecular weight excluding hydrogens is 1170 g/mol. The topological polar surface area (TPSA) is 256 Å². The minimum Gasteiger partial charge on any atom is -0.492 e. The minimum atomic E-state index is -0.886. The van der Waals surface area contributed by atoms with E-state index in [0.717, 1.165) is 68.2 Å². The summed E-state index contributed by atoms with van der Waals surface area (Å²) in [5.41, 5.74) is 14.1. The number of carbonyl (C=O) groups is 5. The monoisotopic (exact) mass is 1260 g/mol. The van der Waals surface area contributed by atoms with Crippen molar-refractivity contribution in [2.75, 3.05) is 110 Å². The maximum absolute atomic E-state index is 14.3. The van der Waals surface area contributed by atoms with Crippen LogP contribution in [0.15, 0.2) is 132 Å². The second kappa shape index (κ2) is 30.2. The summed E-state index contributed by atoms with van der Waals surface area (Å²) >= 11 is 0. The summed E-state index contributed by atoms with van der Waals surface area (Å²) in [6.45, 7) is 11.3. The molecule has 7 aromatic rings. The van der Waals surface area contributed by atoms with Gasteiger partial charge in [0.15, 0.2) is 12.6 Å². The van der Waals surface area contributed by atoms with E-state index in [9.17, 15) is 24.0 Å². The third-order valence-electron chi connectivity index (χ3n) is 17.4. The first-order chi connectivity index (χ1) is 44.7. The highest BCUT2D eigenvalue weighted by atomic mass is 16.7. The lowest BCUT2D eigenvalue weighted by atomic mass is 9.93. The molecule has 5 atom stereocenters. The maximum Gasteiger partial charge on any atom is 0.410 e. The second-order valence-corrected chi connectivity index (χ2v) is 24.4. The average Bonchev–Trinajstić information content (AvgIpc) is 1.59. The molecule has 22 heteroatoms. The third-order valence-corrected chi connectivity index (χ3v) is 17.4. The van der Waals surface area contributed by atoms with Gasteiger partial charge in [-0.1, -0.05) is 106 Å². The van der Waals surface area contributed by atoms with Crippen LogP contribution in [0.4, 0.5) is 21.0 Å². The Hall–Kier alpha value is -8.61. The Kier molecular flexibility index (Phi) is 21.3. The number of fused-ring (bicyclic) bond motifs is 7. The van der Waals surface area contributed by atoms with Crippen molar-refractivity contribution in [1.29, 1.82) is 0 Å². The first-order valence-corrected chi connectivity index (χ1v) is 31.9. The highest BCUT2D eigenvalue weighted by Gasteiger charge is 2.37. The Morgan fingerprint density at radius 2 is 1.50 bits per heavy atom. The molecule has 7 N–H and O–H groups in total. The zero-order valence-corrected chi connectivity index (χ0v) is 53.0. The van der Waals surface area contributed by atoms with Crippen molar-refractivity contribution in [1.82, 2.24) is 36.0 Å². The van der Waals surface area contributed by atoms with E-state index in [-0.39, 0.29) is 87.6 Å². The third kappa shape index (κ3) is 15.8. The highest BCUT2D eigenvalue weighted by molar-refractivity contribution is 6.10. The molecule has 5 amide bonds. The number of hydrogen-bond acceptors (Lipinski definition) is 17. The van der Waals surface area contributed by atoms with Crippen molar-refractivity contribution in [3.05, 3.63) is 155 Å². The molecule has 0 spiro atoms. The molecule has 4 heterocycles. The van der Waals surface area contributed by atoms with Crippen LogP contribution in [-0.2, 0) is 35.1 Å². The molecular formula is C70H84N10O12. The van der Waals surface area contributed by atoms with Crippen molar-refractivity contribution < 1.29 is 56.8 Å². The smallest absolute Gasteiger partial charge is 0.410 e. The summed E-state index contributed by atoms with van der Waals surface area (Å²) in [6.07, 6.45) is 0.114. The van der Waals surface area contributed by atoms with Crippen LogP contribution in [0.1, 0.15) is 84.7 Å². The van der Waals surface area contributed by atoms with Crippen molar-refractivity contribution in [2.24, 2.45) is 11.7 Å². The van der Waals surface area contributed by atoms with Gasteiger partial charge in [-0.2, -0.15) is 0 Å². The SMILES string of the molecule is CC[C@@H]1CN(C(=O)c2cc3cc(OCCN(C)C)ccc3o2)c2cc(OCOCN3CCN(C(=O)OCc4ccc(NC(=O)[C@H](CCCNC5OC5N)NC(=O)[C@@H](NCCNC(=O)OCC5c6ccccc6-c6ccccc65)C(C)C)cc4)CC3)c3ccccc3c21. The summed E-state index contributed by atoms with van der Waals surface area (Å²) in [4.78, 5) is 75.9. The van der Waals surface area contributed by atoms with Crippen molar-refractivity contribution in [2.45, 2.75) is 83.0 Å². The number of nitrogens with two attached hydrogens (primary N) is 1. The maximum atomic E-state index is 14.3. The normalized spacial score (nSPS) is 17.5. The van der Waals surface area contributed by atoms with Gasteiger partial charge in [-0.15, -0.1) is 0 Å². The molecule has 92 heavy (non-hydrogen) atoms. The van der Waals surface area contributed by atoms with Gasteiger partial charge < -0.3 is 74.5 Å². The summed E-state index contributed by atoms with van der Waals surface area (Å²) in [5.74, 6) is 0.497. The lowest BCUT2D eigenvalue weighted by Crippen LogP contribution is -2.54. The number of hydrogen-bond donors (Lipinski definition) is 6. The van der Waals surface area contributed by atoms with E-state index in [1.54, 1.807) is 40.1 Å². The number of amides is 5. The van der Waals surface area contributed by atoms with Crippen molar-refractivity contribution >= 4 is 63.0 Å². The molecule has 2 saturated heterocycles. The summed E-state index contributed by atoms with van der Waals surface area (Å²) in [5, 5.41) is 17.9. The van der Waals surface area contributed by atoms with Crippen molar-refractivity contribution in [3.63, 3.8) is 0 Å². The number of alkyl carbamates (subject to hydrolysis) is 1.